The third-order valence-corrected chi connectivity index (χ3v) is 7.10. The zero-order valence-electron chi connectivity index (χ0n) is 17.3. The van der Waals surface area contributed by atoms with E-state index >= 15 is 0 Å². The van der Waals surface area contributed by atoms with Crippen molar-refractivity contribution in [2.75, 3.05) is 4.72 Å². The van der Waals surface area contributed by atoms with Gasteiger partial charge in [0.05, 0.1) is 26.4 Å². The van der Waals surface area contributed by atoms with E-state index in [-0.39, 0.29) is 39.0 Å². The molecule has 1 atom stereocenters. The topological polar surface area (TPSA) is 97.3 Å². The van der Waals surface area contributed by atoms with E-state index in [0.29, 0.717) is 10.2 Å². The second-order valence-corrected chi connectivity index (χ2v) is 10.1. The SMILES string of the molecule is CC[C@H](C)NC(=O)c1ccccc1NS(=O)(=O)c1ccc2c(c1)sc(=O)n2C(C)C. The molecule has 9 heteroatoms. The van der Waals surface area contributed by atoms with E-state index in [9.17, 15) is 18.0 Å². The van der Waals surface area contributed by atoms with E-state index in [1.165, 1.54) is 12.1 Å². The maximum Gasteiger partial charge on any atom is 0.308 e. The molecule has 1 aromatic heterocycles. The van der Waals surface area contributed by atoms with Gasteiger partial charge < -0.3 is 5.32 Å². The number of rotatable bonds is 7. The molecule has 0 saturated heterocycles. The third kappa shape index (κ3) is 4.41. The standard InChI is InChI=1S/C21H25N3O4S2/c1-5-14(4)22-20(25)16-8-6-7-9-17(16)23-30(27,28)15-10-11-18-19(12-15)29-21(26)24(18)13(2)3/h6-14,23H,5H2,1-4H3,(H,22,25)/t14-/m0/s1. The fraction of sp³-hybridized carbons (Fsp3) is 0.333. The minimum Gasteiger partial charge on any atom is -0.350 e. The molecule has 0 fully saturated rings. The lowest BCUT2D eigenvalue weighted by Gasteiger charge is -2.15. The summed E-state index contributed by atoms with van der Waals surface area (Å²) >= 11 is 1.01. The van der Waals surface area contributed by atoms with E-state index in [4.69, 9.17) is 0 Å². The predicted octanol–water partition coefficient (Wildman–Crippen LogP) is 3.97. The van der Waals surface area contributed by atoms with Crippen LogP contribution in [0, 0.1) is 0 Å². The van der Waals surface area contributed by atoms with Crippen LogP contribution in [0.1, 0.15) is 50.5 Å². The largest absolute Gasteiger partial charge is 0.350 e. The highest BCUT2D eigenvalue weighted by Gasteiger charge is 2.21. The Hall–Kier alpha value is -2.65. The fourth-order valence-electron chi connectivity index (χ4n) is 3.05. The number of carbonyl (C=O) groups is 1. The number of sulfonamides is 1. The summed E-state index contributed by atoms with van der Waals surface area (Å²) in [6.45, 7) is 7.65. The van der Waals surface area contributed by atoms with Crippen molar-refractivity contribution in [1.29, 1.82) is 0 Å². The summed E-state index contributed by atoms with van der Waals surface area (Å²) < 4.78 is 30.8. The second kappa shape index (κ2) is 8.61. The minimum absolute atomic E-state index is 0.0252. The molecule has 3 aromatic rings. The van der Waals surface area contributed by atoms with Gasteiger partial charge in [-0.15, -0.1) is 0 Å². The van der Waals surface area contributed by atoms with Gasteiger partial charge in [0.15, 0.2) is 0 Å². The Morgan fingerprint density at radius 3 is 2.50 bits per heavy atom. The van der Waals surface area contributed by atoms with Gasteiger partial charge in [-0.2, -0.15) is 0 Å². The number of amides is 1. The Bertz CT molecular complexity index is 1240. The summed E-state index contributed by atoms with van der Waals surface area (Å²) in [7, 11) is -3.95. The summed E-state index contributed by atoms with van der Waals surface area (Å²) in [4.78, 5) is 24.7. The average Bonchev–Trinajstić information content (AvgIpc) is 3.02. The molecule has 2 N–H and O–H groups in total. The Balaban J connectivity index is 1.96. The Labute approximate surface area is 179 Å². The summed E-state index contributed by atoms with van der Waals surface area (Å²) in [5.74, 6) is -0.342. The predicted molar refractivity (Wildman–Crippen MR) is 121 cm³/mol. The normalized spacial score (nSPS) is 12.8. The lowest BCUT2D eigenvalue weighted by molar-refractivity contribution is 0.0940. The molecule has 160 valence electrons. The van der Waals surface area contributed by atoms with Crippen LogP contribution in [0.5, 0.6) is 0 Å². The van der Waals surface area contributed by atoms with Crippen LogP contribution in [-0.2, 0) is 10.0 Å². The molecule has 0 aliphatic heterocycles. The molecule has 0 saturated carbocycles. The summed E-state index contributed by atoms with van der Waals surface area (Å²) in [5.41, 5.74) is 1.15. The number of thiazole rings is 1. The molecule has 7 nitrogen and oxygen atoms in total. The number of nitrogens with zero attached hydrogens (tertiary/aromatic N) is 1. The van der Waals surface area contributed by atoms with Crippen LogP contribution in [0.4, 0.5) is 5.69 Å². The van der Waals surface area contributed by atoms with Gasteiger partial charge in [-0.05, 0) is 57.5 Å². The molecular weight excluding hydrogens is 422 g/mol. The monoisotopic (exact) mass is 447 g/mol. The van der Waals surface area contributed by atoms with Crippen LogP contribution in [0.15, 0.2) is 52.2 Å². The van der Waals surface area contributed by atoms with E-state index in [2.05, 4.69) is 10.0 Å². The molecule has 0 radical (unpaired) electrons. The highest BCUT2D eigenvalue weighted by Crippen LogP contribution is 2.26. The zero-order valence-corrected chi connectivity index (χ0v) is 18.9. The highest BCUT2D eigenvalue weighted by atomic mass is 32.2. The number of hydrogen-bond acceptors (Lipinski definition) is 5. The van der Waals surface area contributed by atoms with Crippen molar-refractivity contribution in [2.24, 2.45) is 0 Å². The van der Waals surface area contributed by atoms with E-state index in [0.717, 1.165) is 17.8 Å². The molecule has 1 heterocycles. The van der Waals surface area contributed by atoms with Crippen molar-refractivity contribution in [3.8, 4) is 0 Å². The first-order valence-electron chi connectivity index (χ1n) is 9.71. The van der Waals surface area contributed by atoms with Crippen molar-refractivity contribution >= 4 is 43.2 Å². The first-order valence-corrected chi connectivity index (χ1v) is 12.0. The smallest absolute Gasteiger partial charge is 0.308 e. The molecule has 3 rings (SSSR count). The van der Waals surface area contributed by atoms with Crippen molar-refractivity contribution < 1.29 is 13.2 Å². The van der Waals surface area contributed by atoms with Gasteiger partial charge in [0.1, 0.15) is 0 Å². The van der Waals surface area contributed by atoms with E-state index < -0.39 is 10.0 Å². The van der Waals surface area contributed by atoms with Crippen molar-refractivity contribution in [2.45, 2.75) is 51.1 Å². The maximum absolute atomic E-state index is 13.0. The molecule has 2 aromatic carbocycles. The molecule has 0 spiro atoms. The quantitative estimate of drug-likeness (QED) is 0.573. The van der Waals surface area contributed by atoms with Crippen LogP contribution >= 0.6 is 11.3 Å². The van der Waals surface area contributed by atoms with E-state index in [1.54, 1.807) is 34.9 Å². The zero-order chi connectivity index (χ0) is 22.1. The van der Waals surface area contributed by atoms with Gasteiger partial charge in [0.25, 0.3) is 15.9 Å². The Morgan fingerprint density at radius 1 is 1.13 bits per heavy atom. The van der Waals surface area contributed by atoms with Crippen LogP contribution in [0.2, 0.25) is 0 Å². The number of hydrogen-bond donors (Lipinski definition) is 2. The van der Waals surface area contributed by atoms with Gasteiger partial charge in [-0.1, -0.05) is 30.4 Å². The Morgan fingerprint density at radius 2 is 1.83 bits per heavy atom. The maximum atomic E-state index is 13.0. The number of carbonyl (C=O) groups excluding carboxylic acids is 1. The first kappa shape index (κ1) is 22.0. The van der Waals surface area contributed by atoms with Gasteiger partial charge >= 0.3 is 4.87 Å². The molecule has 30 heavy (non-hydrogen) atoms. The number of fused-ring (bicyclic) bond motifs is 1. The summed E-state index contributed by atoms with van der Waals surface area (Å²) in [6.07, 6.45) is 0.762. The van der Waals surface area contributed by atoms with Crippen molar-refractivity contribution in [3.05, 3.63) is 57.7 Å². The molecule has 0 unspecified atom stereocenters. The number of para-hydroxylation sites is 1. The number of anilines is 1. The second-order valence-electron chi connectivity index (χ2n) is 7.40. The van der Waals surface area contributed by atoms with Crippen molar-refractivity contribution in [3.63, 3.8) is 0 Å². The first-order chi connectivity index (χ1) is 14.1. The van der Waals surface area contributed by atoms with E-state index in [1.807, 2.05) is 27.7 Å². The highest BCUT2D eigenvalue weighted by molar-refractivity contribution is 7.92. The number of benzene rings is 2. The average molecular weight is 448 g/mol. The summed E-state index contributed by atoms with van der Waals surface area (Å²) in [5, 5.41) is 2.85. The van der Waals surface area contributed by atoms with Gasteiger partial charge in [0, 0.05) is 12.1 Å². The number of nitrogens with one attached hydrogen (secondary N) is 2. The van der Waals surface area contributed by atoms with Crippen LogP contribution in [0.3, 0.4) is 0 Å². The van der Waals surface area contributed by atoms with Crippen LogP contribution < -0.4 is 14.9 Å². The van der Waals surface area contributed by atoms with Gasteiger partial charge in [-0.3, -0.25) is 18.9 Å². The molecule has 1 amide bonds. The molecule has 0 aliphatic carbocycles. The molecular formula is C21H25N3O4S2. The Kier molecular flexibility index (Phi) is 6.33. The van der Waals surface area contributed by atoms with Gasteiger partial charge in [-0.25, -0.2) is 8.42 Å². The van der Waals surface area contributed by atoms with Crippen LogP contribution in [-0.4, -0.2) is 24.9 Å². The minimum atomic E-state index is -3.95. The lowest BCUT2D eigenvalue weighted by atomic mass is 10.1. The molecule has 0 bridgehead atoms. The fourth-order valence-corrected chi connectivity index (χ4v) is 5.28. The van der Waals surface area contributed by atoms with Gasteiger partial charge in [0.2, 0.25) is 0 Å². The van der Waals surface area contributed by atoms with Crippen LogP contribution in [0.25, 0.3) is 10.2 Å². The molecule has 0 aliphatic rings. The lowest BCUT2D eigenvalue weighted by Crippen LogP contribution is -2.32. The summed E-state index contributed by atoms with van der Waals surface area (Å²) in [6, 6.07) is 11.0. The third-order valence-electron chi connectivity index (χ3n) is 4.82. The van der Waals surface area contributed by atoms with Crippen molar-refractivity contribution in [1.82, 2.24) is 9.88 Å². The number of aromatic nitrogens is 1.